The summed E-state index contributed by atoms with van der Waals surface area (Å²) >= 11 is 6.09. The first kappa shape index (κ1) is 12.5. The van der Waals surface area contributed by atoms with Crippen LogP contribution in [0.5, 0.6) is 0 Å². The lowest BCUT2D eigenvalue weighted by molar-refractivity contribution is 0.404. The summed E-state index contributed by atoms with van der Waals surface area (Å²) in [4.78, 5) is 6.58. The van der Waals surface area contributed by atoms with E-state index in [0.29, 0.717) is 17.9 Å². The fourth-order valence-electron chi connectivity index (χ4n) is 2.99. The number of rotatable bonds is 2. The highest BCUT2D eigenvalue weighted by atomic mass is 35.5. The van der Waals surface area contributed by atoms with Crippen molar-refractivity contribution in [1.29, 1.82) is 0 Å². The highest BCUT2D eigenvalue weighted by molar-refractivity contribution is 6.30. The van der Waals surface area contributed by atoms with E-state index in [1.165, 1.54) is 6.42 Å². The second kappa shape index (κ2) is 5.25. The van der Waals surface area contributed by atoms with Gasteiger partial charge in [0.15, 0.2) is 5.96 Å². The van der Waals surface area contributed by atoms with Crippen LogP contribution in [0, 0.1) is 5.92 Å². The minimum atomic E-state index is 0.364. The lowest BCUT2D eigenvalue weighted by Gasteiger charge is -2.33. The normalized spacial score (nSPS) is 26.6. The Kier molecular flexibility index (Phi) is 3.47. The van der Waals surface area contributed by atoms with Gasteiger partial charge in [-0.3, -0.25) is 4.99 Å². The van der Waals surface area contributed by atoms with Crippen LogP contribution in [0.25, 0.3) is 0 Å². The quantitative estimate of drug-likeness (QED) is 0.842. The first-order chi connectivity index (χ1) is 9.25. The molecule has 2 unspecified atom stereocenters. The molecular weight excluding hydrogens is 258 g/mol. The summed E-state index contributed by atoms with van der Waals surface area (Å²) in [5.74, 6) is 1.23. The second-order valence-electron chi connectivity index (χ2n) is 5.16. The van der Waals surface area contributed by atoms with E-state index < -0.39 is 0 Å². The number of hydrogen-bond acceptors (Lipinski definition) is 3. The van der Waals surface area contributed by atoms with E-state index in [2.05, 4.69) is 22.0 Å². The number of aliphatic imine (C=N–C) groups is 1. The highest BCUT2D eigenvalue weighted by Crippen LogP contribution is 2.32. The lowest BCUT2D eigenvalue weighted by atomic mass is 9.87. The molecule has 0 amide bonds. The highest BCUT2D eigenvalue weighted by Gasteiger charge is 2.33. The van der Waals surface area contributed by atoms with Gasteiger partial charge in [-0.15, -0.1) is 0 Å². The van der Waals surface area contributed by atoms with E-state index in [9.17, 15) is 0 Å². The standard InChI is InChI=1S/C15H18ClN3/c16-12-7-4-8-13(9-12)19-14(10-18-15(19)17)11-5-2-1-3-6-11/h1-2,4,7-9,11,14H,3,5-6,10H2,(H2,17,18). The third kappa shape index (κ3) is 2.47. The molecule has 1 aromatic carbocycles. The number of halogens is 1. The molecule has 2 aliphatic rings. The van der Waals surface area contributed by atoms with Crippen LogP contribution in [0.15, 0.2) is 41.4 Å². The average molecular weight is 276 g/mol. The molecule has 0 fully saturated rings. The predicted molar refractivity (Wildman–Crippen MR) is 80.7 cm³/mol. The summed E-state index contributed by atoms with van der Waals surface area (Å²) in [7, 11) is 0. The Morgan fingerprint density at radius 2 is 2.21 bits per heavy atom. The molecule has 0 aromatic heterocycles. The number of hydrogen-bond donors (Lipinski definition) is 1. The monoisotopic (exact) mass is 275 g/mol. The Morgan fingerprint density at radius 3 is 2.95 bits per heavy atom. The van der Waals surface area contributed by atoms with Crippen LogP contribution < -0.4 is 10.6 Å². The summed E-state index contributed by atoms with van der Waals surface area (Å²) in [6, 6.07) is 8.21. The Bertz CT molecular complexity index is 524. The largest absolute Gasteiger partial charge is 0.370 e. The van der Waals surface area contributed by atoms with Crippen LogP contribution >= 0.6 is 11.6 Å². The maximum absolute atomic E-state index is 6.09. The van der Waals surface area contributed by atoms with Crippen LogP contribution in [0.3, 0.4) is 0 Å². The number of anilines is 1. The van der Waals surface area contributed by atoms with Crippen LogP contribution in [0.4, 0.5) is 5.69 Å². The molecule has 0 bridgehead atoms. The zero-order chi connectivity index (χ0) is 13.2. The second-order valence-corrected chi connectivity index (χ2v) is 5.60. The maximum atomic E-state index is 6.09. The van der Waals surface area contributed by atoms with E-state index in [1.807, 2.05) is 24.3 Å². The molecule has 3 rings (SSSR count). The number of benzene rings is 1. The summed E-state index contributed by atoms with van der Waals surface area (Å²) in [5.41, 5.74) is 7.12. The average Bonchev–Trinajstić information content (AvgIpc) is 2.82. The Labute approximate surface area is 118 Å². The smallest absolute Gasteiger partial charge is 0.196 e. The molecule has 0 saturated heterocycles. The molecule has 1 aliphatic heterocycles. The van der Waals surface area contributed by atoms with Crippen LogP contribution in [-0.4, -0.2) is 18.5 Å². The van der Waals surface area contributed by atoms with Gasteiger partial charge < -0.3 is 10.6 Å². The minimum Gasteiger partial charge on any atom is -0.370 e. The number of allylic oxidation sites excluding steroid dienone is 2. The van der Waals surface area contributed by atoms with Crippen molar-refractivity contribution in [3.63, 3.8) is 0 Å². The van der Waals surface area contributed by atoms with E-state index >= 15 is 0 Å². The van der Waals surface area contributed by atoms with Gasteiger partial charge in [-0.2, -0.15) is 0 Å². The molecule has 3 nitrogen and oxygen atoms in total. The van der Waals surface area contributed by atoms with Crippen LogP contribution in [0.1, 0.15) is 19.3 Å². The fourth-order valence-corrected chi connectivity index (χ4v) is 3.18. The molecule has 100 valence electrons. The van der Waals surface area contributed by atoms with Gasteiger partial charge >= 0.3 is 0 Å². The number of nitrogens with two attached hydrogens (primary N) is 1. The summed E-state index contributed by atoms with van der Waals surface area (Å²) in [6.45, 7) is 0.789. The Morgan fingerprint density at radius 1 is 1.32 bits per heavy atom. The van der Waals surface area contributed by atoms with Gasteiger partial charge in [-0.05, 0) is 43.4 Å². The molecule has 0 spiro atoms. The van der Waals surface area contributed by atoms with Crippen molar-refractivity contribution >= 4 is 23.2 Å². The number of nitrogens with zero attached hydrogens (tertiary/aromatic N) is 2. The third-order valence-corrected chi connectivity index (χ3v) is 4.19. The van der Waals surface area contributed by atoms with E-state index in [-0.39, 0.29) is 0 Å². The molecule has 1 aromatic rings. The molecule has 4 heteroatoms. The van der Waals surface area contributed by atoms with Crippen LogP contribution in [-0.2, 0) is 0 Å². The van der Waals surface area contributed by atoms with Gasteiger partial charge in [-0.1, -0.05) is 29.8 Å². The molecule has 0 radical (unpaired) electrons. The van der Waals surface area contributed by atoms with Crippen LogP contribution in [0.2, 0.25) is 5.02 Å². The zero-order valence-corrected chi connectivity index (χ0v) is 11.6. The Balaban J connectivity index is 1.88. The van der Waals surface area contributed by atoms with Crippen molar-refractivity contribution in [2.45, 2.75) is 25.3 Å². The van der Waals surface area contributed by atoms with Crippen molar-refractivity contribution in [1.82, 2.24) is 0 Å². The lowest BCUT2D eigenvalue weighted by Crippen LogP contribution is -2.45. The molecule has 19 heavy (non-hydrogen) atoms. The molecule has 0 saturated carbocycles. The summed E-state index contributed by atoms with van der Waals surface area (Å²) < 4.78 is 0. The van der Waals surface area contributed by atoms with Gasteiger partial charge in [-0.25, -0.2) is 0 Å². The van der Waals surface area contributed by atoms with Gasteiger partial charge in [0.1, 0.15) is 0 Å². The molecule has 2 N–H and O–H groups in total. The van der Waals surface area contributed by atoms with Gasteiger partial charge in [0.2, 0.25) is 0 Å². The maximum Gasteiger partial charge on any atom is 0.196 e. The van der Waals surface area contributed by atoms with Gasteiger partial charge in [0.25, 0.3) is 0 Å². The SMILES string of the molecule is NC1=NCC(C2CC=CCC2)N1c1cccc(Cl)c1. The van der Waals surface area contributed by atoms with Gasteiger partial charge in [0, 0.05) is 10.7 Å². The minimum absolute atomic E-state index is 0.364. The van der Waals surface area contributed by atoms with E-state index in [1.54, 1.807) is 0 Å². The van der Waals surface area contributed by atoms with Crippen molar-refractivity contribution in [3.8, 4) is 0 Å². The van der Waals surface area contributed by atoms with Crippen molar-refractivity contribution in [2.24, 2.45) is 16.6 Å². The van der Waals surface area contributed by atoms with Gasteiger partial charge in [0.05, 0.1) is 12.6 Å². The zero-order valence-electron chi connectivity index (χ0n) is 10.8. The van der Waals surface area contributed by atoms with Crippen molar-refractivity contribution in [3.05, 3.63) is 41.4 Å². The first-order valence-electron chi connectivity index (χ1n) is 6.75. The molecular formula is C15H18ClN3. The van der Waals surface area contributed by atoms with Crippen molar-refractivity contribution < 1.29 is 0 Å². The predicted octanol–water partition coefficient (Wildman–Crippen LogP) is 3.20. The van der Waals surface area contributed by atoms with Crippen molar-refractivity contribution in [2.75, 3.05) is 11.4 Å². The fraction of sp³-hybridized carbons (Fsp3) is 0.400. The topological polar surface area (TPSA) is 41.6 Å². The number of guanidine groups is 1. The Hall–Kier alpha value is -1.48. The molecule has 1 heterocycles. The van der Waals surface area contributed by atoms with E-state index in [0.717, 1.165) is 30.1 Å². The third-order valence-electron chi connectivity index (χ3n) is 3.96. The summed E-state index contributed by atoms with van der Waals surface area (Å²) in [6.07, 6.45) is 8.02. The van der Waals surface area contributed by atoms with E-state index in [4.69, 9.17) is 17.3 Å². The first-order valence-corrected chi connectivity index (χ1v) is 7.13. The molecule has 1 aliphatic carbocycles. The molecule has 2 atom stereocenters. The summed E-state index contributed by atoms with van der Waals surface area (Å²) in [5, 5.41) is 0.736.